The smallest absolute Gasteiger partial charge is 0.264 e. The highest BCUT2D eigenvalue weighted by atomic mass is 16.7. The standard InChI is InChI=1S/C27H24N2O7/c1-2-20-27(31)29(12-16-3-6-22-24(9-16)34-14-32-22)13-18-10-19(5-8-21(18)36-20)28-26(30)17-4-7-23-25(11-17)35-15-33-23/h3-11,20H,2,12-15H2,1H3,(H,28,30). The quantitative estimate of drug-likeness (QED) is 0.578. The number of benzene rings is 3. The van der Waals surface area contributed by atoms with Gasteiger partial charge in [-0.05, 0) is 60.5 Å². The Bertz CT molecular complexity index is 1360. The number of amides is 2. The molecule has 6 rings (SSSR count). The Morgan fingerprint density at radius 2 is 1.58 bits per heavy atom. The van der Waals surface area contributed by atoms with Gasteiger partial charge in [-0.3, -0.25) is 9.59 Å². The first-order chi connectivity index (χ1) is 17.6. The lowest BCUT2D eigenvalue weighted by molar-refractivity contribution is -0.139. The predicted octanol–water partition coefficient (Wildman–Crippen LogP) is 4.10. The molecule has 2 amide bonds. The molecule has 0 aliphatic carbocycles. The van der Waals surface area contributed by atoms with Crippen molar-refractivity contribution in [2.75, 3.05) is 18.9 Å². The SMILES string of the molecule is CCC1Oc2ccc(NC(=O)c3ccc4c(c3)OCO4)cc2CN(Cc2ccc3c(c2)OCO3)C1=O. The number of carbonyl (C=O) groups excluding carboxylic acids is 2. The fourth-order valence-electron chi connectivity index (χ4n) is 4.48. The molecular weight excluding hydrogens is 464 g/mol. The van der Waals surface area contributed by atoms with Crippen LogP contribution in [0.2, 0.25) is 0 Å². The summed E-state index contributed by atoms with van der Waals surface area (Å²) in [6.45, 7) is 2.99. The third-order valence-corrected chi connectivity index (χ3v) is 6.35. The first kappa shape index (κ1) is 22.1. The molecule has 3 aromatic carbocycles. The molecule has 0 saturated carbocycles. The summed E-state index contributed by atoms with van der Waals surface area (Å²) in [5.41, 5.74) is 2.79. The van der Waals surface area contributed by atoms with Gasteiger partial charge in [-0.25, -0.2) is 0 Å². The molecule has 3 heterocycles. The first-order valence-corrected chi connectivity index (χ1v) is 11.8. The van der Waals surface area contributed by atoms with Gasteiger partial charge in [0, 0.05) is 29.9 Å². The van der Waals surface area contributed by atoms with Gasteiger partial charge in [0.2, 0.25) is 13.6 Å². The number of nitrogens with one attached hydrogen (secondary N) is 1. The minimum Gasteiger partial charge on any atom is -0.480 e. The van der Waals surface area contributed by atoms with Gasteiger partial charge in [0.25, 0.3) is 11.8 Å². The van der Waals surface area contributed by atoms with Crippen LogP contribution in [0.5, 0.6) is 28.7 Å². The van der Waals surface area contributed by atoms with Crippen LogP contribution in [0.1, 0.15) is 34.8 Å². The zero-order valence-electron chi connectivity index (χ0n) is 19.6. The second kappa shape index (κ2) is 8.99. The van der Waals surface area contributed by atoms with Crippen molar-refractivity contribution in [1.29, 1.82) is 0 Å². The molecule has 184 valence electrons. The maximum absolute atomic E-state index is 13.3. The largest absolute Gasteiger partial charge is 0.480 e. The van der Waals surface area contributed by atoms with Gasteiger partial charge in [-0.2, -0.15) is 0 Å². The molecule has 0 bridgehead atoms. The van der Waals surface area contributed by atoms with E-state index in [0.29, 0.717) is 59.5 Å². The number of hydrogen-bond acceptors (Lipinski definition) is 7. The molecule has 36 heavy (non-hydrogen) atoms. The third-order valence-electron chi connectivity index (χ3n) is 6.35. The van der Waals surface area contributed by atoms with E-state index < -0.39 is 6.10 Å². The van der Waals surface area contributed by atoms with Crippen molar-refractivity contribution in [2.45, 2.75) is 32.5 Å². The van der Waals surface area contributed by atoms with Crippen LogP contribution < -0.4 is 29.0 Å². The topological polar surface area (TPSA) is 95.6 Å². The summed E-state index contributed by atoms with van der Waals surface area (Å²) in [7, 11) is 0. The lowest BCUT2D eigenvalue weighted by Crippen LogP contribution is -2.38. The molecule has 0 aromatic heterocycles. The van der Waals surface area contributed by atoms with E-state index in [1.165, 1.54) is 0 Å². The number of hydrogen-bond donors (Lipinski definition) is 1. The van der Waals surface area contributed by atoms with Crippen molar-refractivity contribution in [3.63, 3.8) is 0 Å². The normalized spacial score (nSPS) is 17.3. The molecule has 3 aliphatic heterocycles. The number of rotatable bonds is 5. The van der Waals surface area contributed by atoms with Crippen molar-refractivity contribution in [3.05, 3.63) is 71.3 Å². The second-order valence-corrected chi connectivity index (χ2v) is 8.74. The van der Waals surface area contributed by atoms with Crippen LogP contribution in [-0.2, 0) is 17.9 Å². The van der Waals surface area contributed by atoms with E-state index in [0.717, 1.165) is 11.1 Å². The van der Waals surface area contributed by atoms with Gasteiger partial charge in [0.1, 0.15) is 5.75 Å². The summed E-state index contributed by atoms with van der Waals surface area (Å²) in [5.74, 6) is 2.80. The predicted molar refractivity (Wildman–Crippen MR) is 128 cm³/mol. The summed E-state index contributed by atoms with van der Waals surface area (Å²) >= 11 is 0. The molecule has 0 fully saturated rings. The summed E-state index contributed by atoms with van der Waals surface area (Å²) in [6.07, 6.45) is -0.0484. The van der Waals surface area contributed by atoms with Crippen LogP contribution in [0.3, 0.4) is 0 Å². The minimum atomic E-state index is -0.589. The minimum absolute atomic E-state index is 0.0858. The van der Waals surface area contributed by atoms with Gasteiger partial charge in [0.15, 0.2) is 29.1 Å². The van der Waals surface area contributed by atoms with Gasteiger partial charge < -0.3 is 33.9 Å². The van der Waals surface area contributed by atoms with E-state index in [4.69, 9.17) is 23.7 Å². The van der Waals surface area contributed by atoms with E-state index in [-0.39, 0.29) is 25.4 Å². The Labute approximate surface area is 207 Å². The van der Waals surface area contributed by atoms with Gasteiger partial charge in [-0.15, -0.1) is 0 Å². The van der Waals surface area contributed by atoms with E-state index in [9.17, 15) is 9.59 Å². The van der Waals surface area contributed by atoms with E-state index in [1.807, 2.05) is 31.2 Å². The summed E-state index contributed by atoms with van der Waals surface area (Å²) in [4.78, 5) is 27.9. The lowest BCUT2D eigenvalue weighted by atomic mass is 10.1. The molecule has 1 unspecified atom stereocenters. The summed E-state index contributed by atoms with van der Waals surface area (Å²) in [5, 5.41) is 2.92. The highest BCUT2D eigenvalue weighted by Crippen LogP contribution is 2.35. The number of ether oxygens (including phenoxy) is 5. The van der Waals surface area contributed by atoms with Crippen LogP contribution in [0.25, 0.3) is 0 Å². The maximum Gasteiger partial charge on any atom is 0.264 e. The summed E-state index contributed by atoms with van der Waals surface area (Å²) in [6, 6.07) is 16.1. The molecular formula is C27H24N2O7. The van der Waals surface area contributed by atoms with E-state index >= 15 is 0 Å². The fraction of sp³-hybridized carbons (Fsp3) is 0.259. The Kier molecular flexibility index (Phi) is 5.52. The van der Waals surface area contributed by atoms with Crippen LogP contribution in [0, 0.1) is 0 Å². The number of anilines is 1. The van der Waals surface area contributed by atoms with Crippen LogP contribution in [0.4, 0.5) is 5.69 Å². The maximum atomic E-state index is 13.3. The van der Waals surface area contributed by atoms with Gasteiger partial charge in [0.05, 0.1) is 0 Å². The van der Waals surface area contributed by atoms with Gasteiger partial charge >= 0.3 is 0 Å². The highest BCUT2D eigenvalue weighted by molar-refractivity contribution is 6.04. The van der Waals surface area contributed by atoms with Crippen molar-refractivity contribution >= 4 is 17.5 Å². The van der Waals surface area contributed by atoms with Crippen molar-refractivity contribution in [3.8, 4) is 28.7 Å². The molecule has 0 spiro atoms. The Morgan fingerprint density at radius 1 is 0.889 bits per heavy atom. The van der Waals surface area contributed by atoms with Crippen molar-refractivity contribution in [2.24, 2.45) is 0 Å². The molecule has 9 nitrogen and oxygen atoms in total. The van der Waals surface area contributed by atoms with Crippen molar-refractivity contribution in [1.82, 2.24) is 4.90 Å². The molecule has 1 N–H and O–H groups in total. The average Bonchev–Trinajstić information content (AvgIpc) is 3.53. The monoisotopic (exact) mass is 488 g/mol. The number of fused-ring (bicyclic) bond motifs is 3. The molecule has 3 aromatic rings. The van der Waals surface area contributed by atoms with Crippen molar-refractivity contribution < 1.29 is 33.3 Å². The summed E-state index contributed by atoms with van der Waals surface area (Å²) < 4.78 is 27.6. The second-order valence-electron chi connectivity index (χ2n) is 8.74. The zero-order chi connectivity index (χ0) is 24.6. The average molecular weight is 488 g/mol. The number of nitrogens with zero attached hydrogens (tertiary/aromatic N) is 1. The zero-order valence-corrected chi connectivity index (χ0v) is 19.6. The first-order valence-electron chi connectivity index (χ1n) is 11.8. The molecule has 1 atom stereocenters. The Hall–Kier alpha value is -4.40. The highest BCUT2D eigenvalue weighted by Gasteiger charge is 2.30. The fourth-order valence-corrected chi connectivity index (χ4v) is 4.48. The number of carbonyl (C=O) groups is 2. The van der Waals surface area contributed by atoms with E-state index in [1.54, 1.807) is 35.2 Å². The molecule has 0 radical (unpaired) electrons. The molecule has 0 saturated heterocycles. The van der Waals surface area contributed by atoms with Crippen LogP contribution >= 0.6 is 0 Å². The Morgan fingerprint density at radius 3 is 2.36 bits per heavy atom. The molecule has 9 heteroatoms. The van der Waals surface area contributed by atoms with Gasteiger partial charge in [-0.1, -0.05) is 13.0 Å². The van der Waals surface area contributed by atoms with E-state index in [2.05, 4.69) is 5.32 Å². The van der Waals surface area contributed by atoms with Crippen LogP contribution in [-0.4, -0.2) is 36.4 Å². The Balaban J connectivity index is 1.24. The van der Waals surface area contributed by atoms with Crippen LogP contribution in [0.15, 0.2) is 54.6 Å². The lowest BCUT2D eigenvalue weighted by Gasteiger charge is -2.23. The molecule has 3 aliphatic rings. The third kappa shape index (κ3) is 4.13.